The number of carbonyl (C=O) groups is 2. The largest absolute Gasteiger partial charge is 0.310 e. The van der Waals surface area contributed by atoms with E-state index < -0.39 is 0 Å². The Morgan fingerprint density at radius 2 is 1.71 bits per heavy atom. The Kier molecular flexibility index (Phi) is 3.72. The number of nitrogens with zero attached hydrogens (tertiary/aromatic N) is 4. The summed E-state index contributed by atoms with van der Waals surface area (Å²) in [6, 6.07) is 7.60. The van der Waals surface area contributed by atoms with Gasteiger partial charge in [-0.15, -0.1) is 0 Å². The first kappa shape index (κ1) is 14.8. The smallest absolute Gasteiger partial charge is 0.278 e. The van der Waals surface area contributed by atoms with E-state index in [1.807, 2.05) is 29.2 Å². The summed E-state index contributed by atoms with van der Waals surface area (Å²) in [7, 11) is 0. The number of hydrogen-bond acceptors (Lipinski definition) is 4. The lowest BCUT2D eigenvalue weighted by molar-refractivity contribution is -0.119. The molecule has 2 amide bonds. The fourth-order valence-corrected chi connectivity index (χ4v) is 3.09. The molecular weight excluding hydrogens is 304 g/mol. The van der Waals surface area contributed by atoms with E-state index in [-0.39, 0.29) is 17.7 Å². The number of carbonyl (C=O) groups excluding carboxylic acids is 2. The van der Waals surface area contributed by atoms with Crippen molar-refractivity contribution >= 4 is 23.2 Å². The monoisotopic (exact) mass is 322 g/mol. The molecule has 2 aromatic rings. The van der Waals surface area contributed by atoms with E-state index in [2.05, 4.69) is 9.97 Å². The zero-order chi connectivity index (χ0) is 16.5. The zero-order valence-corrected chi connectivity index (χ0v) is 13.3. The maximum atomic E-state index is 12.9. The lowest BCUT2D eigenvalue weighted by atomic mass is 10.2. The molecule has 1 saturated carbocycles. The number of amides is 2. The molecule has 2 aliphatic rings. The molecule has 1 aromatic heterocycles. The van der Waals surface area contributed by atoms with Crippen molar-refractivity contribution in [2.75, 3.05) is 22.9 Å². The Labute approximate surface area is 140 Å². The highest BCUT2D eigenvalue weighted by atomic mass is 16.2. The maximum Gasteiger partial charge on any atom is 0.278 e. The fourth-order valence-electron chi connectivity index (χ4n) is 3.09. The molecule has 0 N–H and O–H groups in total. The lowest BCUT2D eigenvalue weighted by Gasteiger charge is -2.25. The Balaban J connectivity index is 1.72. The molecule has 122 valence electrons. The average molecular weight is 322 g/mol. The second kappa shape index (κ2) is 6.03. The van der Waals surface area contributed by atoms with Crippen molar-refractivity contribution in [3.8, 4) is 0 Å². The number of fused-ring (bicyclic) bond motifs is 1. The minimum absolute atomic E-state index is 0.153. The highest BCUT2D eigenvalue weighted by Crippen LogP contribution is 2.38. The SMILES string of the molecule is O=C(c1cnccn1)N1CCCN(C(=O)C2CC2)c2ccccc21. The summed E-state index contributed by atoms with van der Waals surface area (Å²) in [6.07, 6.45) is 7.21. The normalized spacial score (nSPS) is 17.2. The van der Waals surface area contributed by atoms with Crippen LogP contribution in [0.1, 0.15) is 29.8 Å². The Bertz CT molecular complexity index is 774. The predicted molar refractivity (Wildman–Crippen MR) is 89.8 cm³/mol. The molecule has 0 spiro atoms. The molecule has 4 rings (SSSR count). The second-order valence-electron chi connectivity index (χ2n) is 6.15. The lowest BCUT2D eigenvalue weighted by Crippen LogP contribution is -2.32. The van der Waals surface area contributed by atoms with Crippen LogP contribution in [0, 0.1) is 5.92 Å². The molecule has 1 aliphatic carbocycles. The summed E-state index contributed by atoms with van der Waals surface area (Å²) < 4.78 is 0. The molecule has 1 aromatic carbocycles. The Hall–Kier alpha value is -2.76. The summed E-state index contributed by atoms with van der Waals surface area (Å²) >= 11 is 0. The first-order chi connectivity index (χ1) is 11.8. The Morgan fingerprint density at radius 3 is 2.38 bits per heavy atom. The molecule has 0 saturated heterocycles. The highest BCUT2D eigenvalue weighted by Gasteiger charge is 2.36. The van der Waals surface area contributed by atoms with Gasteiger partial charge in [-0.25, -0.2) is 4.98 Å². The van der Waals surface area contributed by atoms with Crippen molar-refractivity contribution in [1.82, 2.24) is 9.97 Å². The van der Waals surface area contributed by atoms with Crippen LogP contribution in [0.4, 0.5) is 11.4 Å². The summed E-state index contributed by atoms with van der Waals surface area (Å²) in [4.78, 5) is 37.1. The van der Waals surface area contributed by atoms with Gasteiger partial charge in [-0.2, -0.15) is 0 Å². The standard InChI is InChI=1S/C18H18N4O2/c23-17(13-6-7-13)21-10-3-11-22(16-5-2-1-4-15(16)21)18(24)14-12-19-8-9-20-14/h1-2,4-5,8-9,12-13H,3,6-7,10-11H2. The molecule has 6 nitrogen and oxygen atoms in total. The van der Waals surface area contributed by atoms with Crippen LogP contribution < -0.4 is 9.80 Å². The van der Waals surface area contributed by atoms with E-state index in [0.717, 1.165) is 30.6 Å². The van der Waals surface area contributed by atoms with Gasteiger partial charge in [0.05, 0.1) is 17.6 Å². The minimum atomic E-state index is -0.184. The summed E-state index contributed by atoms with van der Waals surface area (Å²) in [5.41, 5.74) is 1.89. The van der Waals surface area contributed by atoms with Gasteiger partial charge in [-0.3, -0.25) is 14.6 Å². The van der Waals surface area contributed by atoms with Crippen LogP contribution in [0.3, 0.4) is 0 Å². The van der Waals surface area contributed by atoms with Gasteiger partial charge in [-0.1, -0.05) is 12.1 Å². The third-order valence-corrected chi connectivity index (χ3v) is 4.45. The molecule has 0 radical (unpaired) electrons. The van der Waals surface area contributed by atoms with E-state index in [4.69, 9.17) is 0 Å². The Morgan fingerprint density at radius 1 is 1.00 bits per heavy atom. The number of benzene rings is 1. The topological polar surface area (TPSA) is 66.4 Å². The number of hydrogen-bond donors (Lipinski definition) is 0. The molecular formula is C18H18N4O2. The molecule has 0 unspecified atom stereocenters. The molecule has 1 fully saturated rings. The molecule has 2 heterocycles. The van der Waals surface area contributed by atoms with Crippen molar-refractivity contribution in [3.05, 3.63) is 48.5 Å². The van der Waals surface area contributed by atoms with E-state index in [1.54, 1.807) is 11.1 Å². The highest BCUT2D eigenvalue weighted by molar-refractivity contribution is 6.09. The van der Waals surface area contributed by atoms with Crippen LogP contribution in [0.5, 0.6) is 0 Å². The fraction of sp³-hybridized carbons (Fsp3) is 0.333. The van der Waals surface area contributed by atoms with Crippen molar-refractivity contribution < 1.29 is 9.59 Å². The number of rotatable bonds is 2. The van der Waals surface area contributed by atoms with E-state index in [0.29, 0.717) is 18.8 Å². The number of anilines is 2. The molecule has 0 atom stereocenters. The van der Waals surface area contributed by atoms with E-state index in [9.17, 15) is 9.59 Å². The molecule has 6 heteroatoms. The summed E-state index contributed by atoms with van der Waals surface area (Å²) in [5.74, 6) is 0.146. The quantitative estimate of drug-likeness (QED) is 0.851. The van der Waals surface area contributed by atoms with Gasteiger partial charge >= 0.3 is 0 Å². The van der Waals surface area contributed by atoms with Gasteiger partial charge in [-0.05, 0) is 31.4 Å². The molecule has 0 bridgehead atoms. The van der Waals surface area contributed by atoms with Gasteiger partial charge in [0.1, 0.15) is 5.69 Å². The van der Waals surface area contributed by atoms with Gasteiger partial charge in [0, 0.05) is 31.4 Å². The molecule has 1 aliphatic heterocycles. The van der Waals surface area contributed by atoms with Crippen molar-refractivity contribution in [3.63, 3.8) is 0 Å². The van der Waals surface area contributed by atoms with E-state index in [1.165, 1.54) is 12.4 Å². The molecule has 24 heavy (non-hydrogen) atoms. The first-order valence-electron chi connectivity index (χ1n) is 8.24. The van der Waals surface area contributed by atoms with E-state index >= 15 is 0 Å². The van der Waals surface area contributed by atoms with Crippen LogP contribution in [0.25, 0.3) is 0 Å². The zero-order valence-electron chi connectivity index (χ0n) is 13.3. The maximum absolute atomic E-state index is 12.9. The van der Waals surface area contributed by atoms with Crippen molar-refractivity contribution in [2.24, 2.45) is 5.92 Å². The third kappa shape index (κ3) is 2.64. The third-order valence-electron chi connectivity index (χ3n) is 4.45. The second-order valence-corrected chi connectivity index (χ2v) is 6.15. The van der Waals surface area contributed by atoms with Crippen molar-refractivity contribution in [1.29, 1.82) is 0 Å². The first-order valence-corrected chi connectivity index (χ1v) is 8.24. The van der Waals surface area contributed by atoms with Crippen LogP contribution in [-0.2, 0) is 4.79 Å². The summed E-state index contributed by atoms with van der Waals surface area (Å²) in [5, 5.41) is 0. The number of aromatic nitrogens is 2. The van der Waals surface area contributed by atoms with Crippen LogP contribution in [-0.4, -0.2) is 34.9 Å². The van der Waals surface area contributed by atoms with Gasteiger partial charge in [0.2, 0.25) is 5.91 Å². The van der Waals surface area contributed by atoms with Crippen LogP contribution >= 0.6 is 0 Å². The van der Waals surface area contributed by atoms with Gasteiger partial charge in [0.25, 0.3) is 5.91 Å². The van der Waals surface area contributed by atoms with Crippen LogP contribution in [0.15, 0.2) is 42.9 Å². The minimum Gasteiger partial charge on any atom is -0.310 e. The van der Waals surface area contributed by atoms with Crippen LogP contribution in [0.2, 0.25) is 0 Å². The van der Waals surface area contributed by atoms with Crippen molar-refractivity contribution in [2.45, 2.75) is 19.3 Å². The predicted octanol–water partition coefficient (Wildman–Crippen LogP) is 2.27. The van der Waals surface area contributed by atoms with Gasteiger partial charge in [0.15, 0.2) is 0 Å². The van der Waals surface area contributed by atoms with Gasteiger partial charge < -0.3 is 9.80 Å². The average Bonchev–Trinajstić information content (AvgIpc) is 3.48. The summed E-state index contributed by atoms with van der Waals surface area (Å²) in [6.45, 7) is 1.19. The number of para-hydroxylation sites is 2.